The first kappa shape index (κ1) is 24.3. The van der Waals surface area contributed by atoms with Crippen molar-refractivity contribution in [1.82, 2.24) is 4.90 Å². The summed E-state index contributed by atoms with van der Waals surface area (Å²) in [7, 11) is 0. The summed E-state index contributed by atoms with van der Waals surface area (Å²) in [6.45, 7) is 0.215. The van der Waals surface area contributed by atoms with Crippen LogP contribution in [0.15, 0.2) is 77.7 Å². The normalized spacial score (nSPS) is 15.6. The maximum absolute atomic E-state index is 13.1. The van der Waals surface area contributed by atoms with Crippen molar-refractivity contribution in [1.29, 1.82) is 0 Å². The lowest BCUT2D eigenvalue weighted by Gasteiger charge is -2.23. The molecule has 0 spiro atoms. The quantitative estimate of drug-likeness (QED) is 0.274. The van der Waals surface area contributed by atoms with Crippen LogP contribution < -0.4 is 4.74 Å². The summed E-state index contributed by atoms with van der Waals surface area (Å²) >= 11 is 18.8. The highest BCUT2D eigenvalue weighted by Crippen LogP contribution is 2.38. The van der Waals surface area contributed by atoms with Crippen LogP contribution in [0.3, 0.4) is 0 Å². The summed E-state index contributed by atoms with van der Waals surface area (Å²) in [5.41, 5.74) is 1.92. The van der Waals surface area contributed by atoms with Crippen LogP contribution in [0.25, 0.3) is 6.08 Å². The molecule has 34 heavy (non-hydrogen) atoms. The zero-order chi connectivity index (χ0) is 24.2. The predicted octanol–water partition coefficient (Wildman–Crippen LogP) is 6.60. The molecule has 1 saturated heterocycles. The van der Waals surface area contributed by atoms with E-state index in [-0.39, 0.29) is 10.9 Å². The van der Waals surface area contributed by atoms with Crippen molar-refractivity contribution < 1.29 is 19.4 Å². The number of hydrogen-bond acceptors (Lipinski definition) is 5. The van der Waals surface area contributed by atoms with E-state index in [1.807, 2.05) is 0 Å². The molecular formula is C25H17Cl2NO4S2. The van der Waals surface area contributed by atoms with Crippen LogP contribution in [-0.4, -0.2) is 26.2 Å². The first-order valence-corrected chi connectivity index (χ1v) is 12.0. The number of hydrogen-bond donors (Lipinski definition) is 1. The largest absolute Gasteiger partial charge is 0.489 e. The molecule has 3 aromatic rings. The van der Waals surface area contributed by atoms with E-state index in [4.69, 9.17) is 40.2 Å². The van der Waals surface area contributed by atoms with Gasteiger partial charge < -0.3 is 9.84 Å². The van der Waals surface area contributed by atoms with E-state index in [1.165, 1.54) is 0 Å². The second-order valence-corrected chi connectivity index (χ2v) is 9.75. The third-order valence-corrected chi connectivity index (χ3v) is 7.09. The molecule has 0 saturated carbocycles. The Morgan fingerprint density at radius 2 is 1.68 bits per heavy atom. The Hall–Kier alpha value is -2.84. The number of rotatable bonds is 7. The first-order chi connectivity index (χ1) is 16.3. The van der Waals surface area contributed by atoms with Crippen molar-refractivity contribution in [3.05, 3.63) is 104 Å². The van der Waals surface area contributed by atoms with Crippen LogP contribution in [0, 0.1) is 0 Å². The van der Waals surface area contributed by atoms with Gasteiger partial charge in [0.25, 0.3) is 5.91 Å². The molecule has 1 heterocycles. The van der Waals surface area contributed by atoms with Crippen molar-refractivity contribution in [2.45, 2.75) is 12.6 Å². The molecule has 1 N–H and O–H groups in total. The molecule has 1 aliphatic heterocycles. The molecule has 1 atom stereocenters. The second kappa shape index (κ2) is 10.6. The van der Waals surface area contributed by atoms with Gasteiger partial charge in [-0.25, -0.2) is 4.79 Å². The van der Waals surface area contributed by atoms with Gasteiger partial charge in [-0.1, -0.05) is 95.7 Å². The molecule has 3 aromatic carbocycles. The smallest absolute Gasteiger partial charge is 0.331 e. The number of carboxylic acids is 1. The van der Waals surface area contributed by atoms with Crippen LogP contribution in [0.4, 0.5) is 0 Å². The fraction of sp³-hybridized carbons (Fsp3) is 0.0800. The SMILES string of the molecule is O=C(O)C(c1ccccc1)N1C(=O)/C(=C/c2ccc(OCc3c(Cl)cccc3Cl)cc2)SC1=S. The summed E-state index contributed by atoms with van der Waals surface area (Å²) in [4.78, 5) is 26.5. The lowest BCUT2D eigenvalue weighted by molar-refractivity contribution is -0.145. The topological polar surface area (TPSA) is 66.8 Å². The molecule has 5 nitrogen and oxygen atoms in total. The molecule has 172 valence electrons. The highest BCUT2D eigenvalue weighted by molar-refractivity contribution is 8.26. The summed E-state index contributed by atoms with van der Waals surface area (Å²) in [6, 6.07) is 19.7. The minimum atomic E-state index is -1.19. The van der Waals surface area contributed by atoms with Crippen molar-refractivity contribution >= 4 is 69.5 Å². The number of aliphatic carboxylic acids is 1. The lowest BCUT2D eigenvalue weighted by atomic mass is 10.1. The van der Waals surface area contributed by atoms with Crippen molar-refractivity contribution in [3.63, 3.8) is 0 Å². The highest BCUT2D eigenvalue weighted by Gasteiger charge is 2.41. The van der Waals surface area contributed by atoms with Crippen molar-refractivity contribution in [2.24, 2.45) is 0 Å². The number of amides is 1. The van der Waals surface area contributed by atoms with E-state index < -0.39 is 17.9 Å². The molecule has 9 heteroatoms. The van der Waals surface area contributed by atoms with Crippen LogP contribution in [0.5, 0.6) is 5.75 Å². The average molecular weight is 530 g/mol. The van der Waals surface area contributed by atoms with E-state index in [2.05, 4.69) is 0 Å². The number of ether oxygens (including phenoxy) is 1. The second-order valence-electron chi connectivity index (χ2n) is 7.26. The predicted molar refractivity (Wildman–Crippen MR) is 139 cm³/mol. The summed E-state index contributed by atoms with van der Waals surface area (Å²) in [6.07, 6.45) is 1.68. The Morgan fingerprint density at radius 1 is 1.03 bits per heavy atom. The molecular weight excluding hydrogens is 513 g/mol. The number of thioether (sulfide) groups is 1. The number of carbonyl (C=O) groups excluding carboxylic acids is 1. The zero-order valence-corrected chi connectivity index (χ0v) is 20.6. The minimum absolute atomic E-state index is 0.198. The number of thiocarbonyl (C=S) groups is 1. The van der Waals surface area contributed by atoms with Crippen LogP contribution >= 0.6 is 47.2 Å². The lowest BCUT2D eigenvalue weighted by Crippen LogP contribution is -2.37. The van der Waals surface area contributed by atoms with Crippen LogP contribution in [0.2, 0.25) is 10.0 Å². The number of nitrogens with zero attached hydrogens (tertiary/aromatic N) is 1. The van der Waals surface area contributed by atoms with E-state index in [9.17, 15) is 14.7 Å². The number of benzene rings is 3. The van der Waals surface area contributed by atoms with Crippen molar-refractivity contribution in [2.75, 3.05) is 0 Å². The number of halogens is 2. The minimum Gasteiger partial charge on any atom is -0.489 e. The molecule has 4 rings (SSSR count). The molecule has 0 aliphatic carbocycles. The number of carboxylic acid groups (broad SMARTS) is 1. The summed E-state index contributed by atoms with van der Waals surface area (Å²) in [5, 5.41) is 10.8. The van der Waals surface area contributed by atoms with Gasteiger partial charge in [0, 0.05) is 15.6 Å². The Morgan fingerprint density at radius 3 is 2.29 bits per heavy atom. The molecule has 1 fully saturated rings. The molecule has 1 aliphatic rings. The third kappa shape index (κ3) is 5.28. The van der Waals surface area contributed by atoms with Gasteiger partial charge in [-0.15, -0.1) is 0 Å². The van der Waals surface area contributed by atoms with Gasteiger partial charge in [0.2, 0.25) is 0 Å². The maximum Gasteiger partial charge on any atom is 0.331 e. The van der Waals surface area contributed by atoms with Gasteiger partial charge in [0.05, 0.1) is 4.91 Å². The van der Waals surface area contributed by atoms with Gasteiger partial charge in [-0.2, -0.15) is 0 Å². The van der Waals surface area contributed by atoms with Gasteiger partial charge in [-0.05, 0) is 41.5 Å². The van der Waals surface area contributed by atoms with E-state index in [0.29, 0.717) is 31.8 Å². The van der Waals surface area contributed by atoms with Crippen LogP contribution in [0.1, 0.15) is 22.7 Å². The Balaban J connectivity index is 1.49. The Kier molecular flexibility index (Phi) is 7.58. The van der Waals surface area contributed by atoms with Crippen LogP contribution in [-0.2, 0) is 16.2 Å². The Labute approximate surface area is 215 Å². The van der Waals surface area contributed by atoms with Crippen molar-refractivity contribution in [3.8, 4) is 5.75 Å². The highest BCUT2D eigenvalue weighted by atomic mass is 35.5. The monoisotopic (exact) mass is 529 g/mol. The van der Waals surface area contributed by atoms with Gasteiger partial charge in [0.1, 0.15) is 16.7 Å². The number of carbonyl (C=O) groups is 2. The zero-order valence-electron chi connectivity index (χ0n) is 17.5. The van der Waals surface area contributed by atoms with E-state index >= 15 is 0 Å². The summed E-state index contributed by atoms with van der Waals surface area (Å²) < 4.78 is 5.98. The van der Waals surface area contributed by atoms with Gasteiger partial charge >= 0.3 is 5.97 Å². The van der Waals surface area contributed by atoms with Gasteiger partial charge in [0.15, 0.2) is 6.04 Å². The molecule has 1 unspecified atom stereocenters. The molecule has 1 amide bonds. The molecule has 0 radical (unpaired) electrons. The maximum atomic E-state index is 13.1. The third-order valence-electron chi connectivity index (χ3n) is 5.05. The average Bonchev–Trinajstić information content (AvgIpc) is 3.08. The van der Waals surface area contributed by atoms with Gasteiger partial charge in [-0.3, -0.25) is 9.69 Å². The molecule has 0 bridgehead atoms. The summed E-state index contributed by atoms with van der Waals surface area (Å²) in [5.74, 6) is -0.987. The molecule has 0 aromatic heterocycles. The fourth-order valence-electron chi connectivity index (χ4n) is 3.38. The Bertz CT molecular complexity index is 1260. The fourth-order valence-corrected chi connectivity index (χ4v) is 5.20. The van der Waals surface area contributed by atoms with E-state index in [0.717, 1.165) is 22.2 Å². The van der Waals surface area contributed by atoms with E-state index in [1.54, 1.807) is 78.9 Å². The first-order valence-electron chi connectivity index (χ1n) is 10.1. The standard InChI is InChI=1S/C25H17Cl2NO4S2/c26-19-7-4-8-20(27)18(19)14-32-17-11-9-15(10-12-17)13-21-23(29)28(25(33)34-21)22(24(30)31)16-5-2-1-3-6-16/h1-13,22H,14H2,(H,30,31)/b21-13-.